The van der Waals surface area contributed by atoms with Crippen molar-refractivity contribution in [2.75, 3.05) is 5.32 Å². The van der Waals surface area contributed by atoms with E-state index < -0.39 is 23.1 Å². The number of halogens is 1. The number of nitrogens with one attached hydrogen (secondary N) is 1. The Balaban J connectivity index is 2.18. The second-order valence-electron chi connectivity index (χ2n) is 4.15. The Kier molecular flexibility index (Phi) is 2.75. The zero-order valence-electron chi connectivity index (χ0n) is 9.24. The minimum absolute atomic E-state index is 0.119. The molecule has 0 atom stereocenters. The number of benzene rings is 1. The fourth-order valence-electron chi connectivity index (χ4n) is 1.59. The SMILES string of the molecule is N#Cc1ccc(NC(=O)C2(C(=O)O)CC2)c(F)c1. The molecule has 1 aliphatic rings. The van der Waals surface area contributed by atoms with E-state index >= 15 is 0 Å². The van der Waals surface area contributed by atoms with Gasteiger partial charge in [-0.1, -0.05) is 0 Å². The highest BCUT2D eigenvalue weighted by Crippen LogP contribution is 2.46. The average molecular weight is 248 g/mol. The van der Waals surface area contributed by atoms with Crippen LogP contribution in [0.2, 0.25) is 0 Å². The number of aliphatic carboxylic acids is 1. The maximum absolute atomic E-state index is 13.5. The van der Waals surface area contributed by atoms with Gasteiger partial charge in [-0.3, -0.25) is 9.59 Å². The van der Waals surface area contributed by atoms with Gasteiger partial charge in [0.2, 0.25) is 5.91 Å². The van der Waals surface area contributed by atoms with Crippen LogP contribution in [0.5, 0.6) is 0 Å². The predicted molar refractivity (Wildman–Crippen MR) is 59.0 cm³/mol. The molecule has 1 saturated carbocycles. The Morgan fingerprint density at radius 1 is 1.44 bits per heavy atom. The largest absolute Gasteiger partial charge is 0.480 e. The molecule has 1 fully saturated rings. The molecule has 1 aromatic rings. The third kappa shape index (κ3) is 1.91. The zero-order chi connectivity index (χ0) is 13.3. The van der Waals surface area contributed by atoms with Gasteiger partial charge >= 0.3 is 5.97 Å². The molecule has 18 heavy (non-hydrogen) atoms. The normalized spacial score (nSPS) is 15.6. The summed E-state index contributed by atoms with van der Waals surface area (Å²) in [5.74, 6) is -2.68. The number of hydrogen-bond donors (Lipinski definition) is 2. The highest BCUT2D eigenvalue weighted by molar-refractivity contribution is 6.10. The first-order valence-electron chi connectivity index (χ1n) is 5.24. The summed E-state index contributed by atoms with van der Waals surface area (Å²) in [5, 5.41) is 19.7. The smallest absolute Gasteiger partial charge is 0.319 e. The van der Waals surface area contributed by atoms with Crippen LogP contribution < -0.4 is 5.32 Å². The Morgan fingerprint density at radius 2 is 2.11 bits per heavy atom. The minimum Gasteiger partial charge on any atom is -0.480 e. The fraction of sp³-hybridized carbons (Fsp3) is 0.250. The molecule has 5 nitrogen and oxygen atoms in total. The summed E-state index contributed by atoms with van der Waals surface area (Å²) in [5.41, 5.74) is -1.41. The van der Waals surface area contributed by atoms with Gasteiger partial charge in [-0.05, 0) is 31.0 Å². The number of carbonyl (C=O) groups is 2. The van der Waals surface area contributed by atoms with Crippen molar-refractivity contribution < 1.29 is 19.1 Å². The Bertz CT molecular complexity index is 573. The standard InChI is InChI=1S/C12H9FN2O3/c13-8-5-7(6-14)1-2-9(8)15-10(16)12(3-4-12)11(17)18/h1-2,5H,3-4H2,(H,15,16)(H,17,18). The molecule has 6 heteroatoms. The van der Waals surface area contributed by atoms with E-state index in [1.54, 1.807) is 6.07 Å². The van der Waals surface area contributed by atoms with E-state index in [2.05, 4.69) is 5.32 Å². The van der Waals surface area contributed by atoms with Crippen molar-refractivity contribution in [2.24, 2.45) is 5.41 Å². The molecular weight excluding hydrogens is 239 g/mol. The molecule has 0 unspecified atom stereocenters. The summed E-state index contributed by atoms with van der Waals surface area (Å²) in [6.45, 7) is 0. The summed E-state index contributed by atoms with van der Waals surface area (Å²) in [7, 11) is 0. The molecule has 0 spiro atoms. The summed E-state index contributed by atoms with van der Waals surface area (Å²) in [4.78, 5) is 22.6. The lowest BCUT2D eigenvalue weighted by Crippen LogP contribution is -2.31. The predicted octanol–water partition coefficient (Wildman–Crippen LogP) is 1.50. The summed E-state index contributed by atoms with van der Waals surface area (Å²) in [6.07, 6.45) is 0.512. The van der Waals surface area contributed by atoms with Gasteiger partial charge in [0.25, 0.3) is 0 Å². The summed E-state index contributed by atoms with van der Waals surface area (Å²) in [6, 6.07) is 5.33. The number of anilines is 1. The van der Waals surface area contributed by atoms with Gasteiger partial charge in [-0.2, -0.15) is 5.26 Å². The number of amides is 1. The Hall–Kier alpha value is -2.42. The lowest BCUT2D eigenvalue weighted by atomic mass is 10.1. The number of nitrogens with zero attached hydrogens (tertiary/aromatic N) is 1. The van der Waals surface area contributed by atoms with Crippen molar-refractivity contribution in [3.05, 3.63) is 29.6 Å². The molecule has 0 aromatic heterocycles. The van der Waals surface area contributed by atoms with E-state index in [0.29, 0.717) is 0 Å². The van der Waals surface area contributed by atoms with Crippen molar-refractivity contribution in [1.82, 2.24) is 0 Å². The molecule has 1 aromatic carbocycles. The molecular formula is C12H9FN2O3. The molecule has 1 aliphatic carbocycles. The van der Waals surface area contributed by atoms with Crippen LogP contribution in [0.3, 0.4) is 0 Å². The number of carboxylic acids is 1. The molecule has 92 valence electrons. The first-order valence-corrected chi connectivity index (χ1v) is 5.24. The maximum Gasteiger partial charge on any atom is 0.319 e. The van der Waals surface area contributed by atoms with Gasteiger partial charge in [-0.15, -0.1) is 0 Å². The van der Waals surface area contributed by atoms with Gasteiger partial charge in [-0.25, -0.2) is 4.39 Å². The quantitative estimate of drug-likeness (QED) is 0.793. The third-order valence-electron chi connectivity index (χ3n) is 2.94. The molecule has 0 heterocycles. The van der Waals surface area contributed by atoms with Gasteiger partial charge < -0.3 is 10.4 Å². The number of carbonyl (C=O) groups excluding carboxylic acids is 1. The molecule has 1 amide bonds. The molecule has 0 aliphatic heterocycles. The number of rotatable bonds is 3. The number of nitriles is 1. The lowest BCUT2D eigenvalue weighted by molar-refractivity contribution is -0.147. The average Bonchev–Trinajstić information content (AvgIpc) is 3.12. The molecule has 2 N–H and O–H groups in total. The fourth-order valence-corrected chi connectivity index (χ4v) is 1.59. The van der Waals surface area contributed by atoms with Crippen LogP contribution in [0, 0.1) is 22.6 Å². The number of carboxylic acid groups (broad SMARTS) is 1. The lowest BCUT2D eigenvalue weighted by Gasteiger charge is -2.11. The van der Waals surface area contributed by atoms with E-state index in [0.717, 1.165) is 6.07 Å². The van der Waals surface area contributed by atoms with E-state index in [1.165, 1.54) is 12.1 Å². The van der Waals surface area contributed by atoms with Crippen LogP contribution in [0.15, 0.2) is 18.2 Å². The Labute approximate surface area is 102 Å². The first kappa shape index (κ1) is 12.0. The number of hydrogen-bond acceptors (Lipinski definition) is 3. The zero-order valence-corrected chi connectivity index (χ0v) is 9.24. The van der Waals surface area contributed by atoms with Crippen LogP contribution in [-0.4, -0.2) is 17.0 Å². The van der Waals surface area contributed by atoms with Crippen LogP contribution in [0.4, 0.5) is 10.1 Å². The van der Waals surface area contributed by atoms with Gasteiger partial charge in [0, 0.05) is 0 Å². The van der Waals surface area contributed by atoms with Crippen molar-refractivity contribution >= 4 is 17.6 Å². The van der Waals surface area contributed by atoms with E-state index in [1.807, 2.05) is 0 Å². The second-order valence-corrected chi connectivity index (χ2v) is 4.15. The van der Waals surface area contributed by atoms with E-state index in [4.69, 9.17) is 10.4 Å². The highest BCUT2D eigenvalue weighted by Gasteiger charge is 2.57. The van der Waals surface area contributed by atoms with Crippen molar-refractivity contribution in [1.29, 1.82) is 5.26 Å². The molecule has 0 saturated heterocycles. The van der Waals surface area contributed by atoms with E-state index in [9.17, 15) is 14.0 Å². The first-order chi connectivity index (χ1) is 8.49. The van der Waals surface area contributed by atoms with Crippen molar-refractivity contribution in [2.45, 2.75) is 12.8 Å². The Morgan fingerprint density at radius 3 is 2.56 bits per heavy atom. The van der Waals surface area contributed by atoms with Crippen LogP contribution in [0.25, 0.3) is 0 Å². The van der Waals surface area contributed by atoms with Crippen molar-refractivity contribution in [3.63, 3.8) is 0 Å². The molecule has 0 bridgehead atoms. The monoisotopic (exact) mass is 248 g/mol. The summed E-state index contributed by atoms with van der Waals surface area (Å²) >= 11 is 0. The third-order valence-corrected chi connectivity index (χ3v) is 2.94. The minimum atomic E-state index is -1.42. The van der Waals surface area contributed by atoms with Gasteiger partial charge in [0.15, 0.2) is 0 Å². The maximum atomic E-state index is 13.5. The molecule has 2 rings (SSSR count). The van der Waals surface area contributed by atoms with E-state index in [-0.39, 0.29) is 24.1 Å². The summed E-state index contributed by atoms with van der Waals surface area (Å²) < 4.78 is 13.5. The van der Waals surface area contributed by atoms with Crippen LogP contribution in [-0.2, 0) is 9.59 Å². The second kappa shape index (κ2) is 4.11. The molecule has 0 radical (unpaired) electrons. The van der Waals surface area contributed by atoms with Crippen molar-refractivity contribution in [3.8, 4) is 6.07 Å². The highest BCUT2D eigenvalue weighted by atomic mass is 19.1. The van der Waals surface area contributed by atoms with Crippen LogP contribution >= 0.6 is 0 Å². The van der Waals surface area contributed by atoms with Gasteiger partial charge in [0.1, 0.15) is 11.2 Å². The van der Waals surface area contributed by atoms with Gasteiger partial charge in [0.05, 0.1) is 17.3 Å². The topological polar surface area (TPSA) is 90.2 Å². The van der Waals surface area contributed by atoms with Crippen LogP contribution in [0.1, 0.15) is 18.4 Å².